The molecule has 0 atom stereocenters. The van der Waals surface area contributed by atoms with Gasteiger partial charge in [-0.25, -0.2) is 4.79 Å². The molecule has 0 fully saturated rings. The fourth-order valence-electron chi connectivity index (χ4n) is 5.07. The third kappa shape index (κ3) is 52.4. The third-order valence-electron chi connectivity index (χ3n) is 8.14. The standard InChI is InChI=1S/C41H81NO15/c1-2-3-4-5-6-7-8-9-10-11-12-13-14-16-46-18-20-48-22-24-50-26-28-52-30-32-54-34-36-56-37-35-55-33-31-53-29-27-51-25-23-49-21-19-47-17-15-42-40(43)38-57-39-41(44)45/h2-39H2,1H3,(H,42,43)(H,44,45). The fraction of sp³-hybridized carbons (Fsp3) is 0.951. The molecule has 0 aliphatic rings. The van der Waals surface area contributed by atoms with E-state index in [1.54, 1.807) is 0 Å². The molecule has 0 aliphatic heterocycles. The van der Waals surface area contributed by atoms with Crippen LogP contribution in [0.3, 0.4) is 0 Å². The maximum Gasteiger partial charge on any atom is 0.329 e. The van der Waals surface area contributed by atoms with Gasteiger partial charge >= 0.3 is 5.97 Å². The van der Waals surface area contributed by atoms with E-state index in [0.717, 1.165) is 13.0 Å². The summed E-state index contributed by atoms with van der Waals surface area (Å²) in [5.41, 5.74) is 0. The Hall–Kier alpha value is -1.54. The Morgan fingerprint density at radius 1 is 0.333 bits per heavy atom. The zero-order valence-electron chi connectivity index (χ0n) is 35.5. The zero-order valence-corrected chi connectivity index (χ0v) is 35.5. The molecule has 1 amide bonds. The number of unbranched alkanes of at least 4 members (excludes halogenated alkanes) is 12. The molecule has 0 saturated carbocycles. The van der Waals surface area contributed by atoms with Gasteiger partial charge in [-0.15, -0.1) is 0 Å². The molecule has 0 aromatic heterocycles. The van der Waals surface area contributed by atoms with Gasteiger partial charge in [-0.2, -0.15) is 0 Å². The number of rotatable bonds is 51. The van der Waals surface area contributed by atoms with Crippen LogP contribution in [0.1, 0.15) is 90.4 Å². The maximum absolute atomic E-state index is 11.4. The van der Waals surface area contributed by atoms with Gasteiger partial charge in [0.2, 0.25) is 5.91 Å². The number of carbonyl (C=O) groups excluding carboxylic acids is 1. The van der Waals surface area contributed by atoms with Crippen molar-refractivity contribution in [2.24, 2.45) is 0 Å². The minimum atomic E-state index is -1.12. The normalized spacial score (nSPS) is 11.5. The molecule has 57 heavy (non-hydrogen) atoms. The second kappa shape index (κ2) is 50.6. The number of ether oxygens (including phenoxy) is 12. The third-order valence-corrected chi connectivity index (χ3v) is 8.14. The lowest BCUT2D eigenvalue weighted by atomic mass is 10.0. The number of carboxylic acids is 1. The minimum absolute atomic E-state index is 0.300. The van der Waals surface area contributed by atoms with Gasteiger partial charge in [0.1, 0.15) is 13.2 Å². The van der Waals surface area contributed by atoms with Crippen LogP contribution < -0.4 is 5.32 Å². The van der Waals surface area contributed by atoms with Crippen LogP contribution >= 0.6 is 0 Å². The summed E-state index contributed by atoms with van der Waals surface area (Å²) in [6.45, 7) is 12.9. The molecule has 0 bridgehead atoms. The maximum atomic E-state index is 11.4. The zero-order chi connectivity index (χ0) is 41.2. The molecule has 2 N–H and O–H groups in total. The first-order valence-corrected chi connectivity index (χ1v) is 21.6. The van der Waals surface area contributed by atoms with Crippen molar-refractivity contribution < 1.29 is 71.5 Å². The Morgan fingerprint density at radius 2 is 0.596 bits per heavy atom. The molecule has 0 aromatic carbocycles. The van der Waals surface area contributed by atoms with E-state index in [0.29, 0.717) is 145 Å². The van der Waals surface area contributed by atoms with Crippen molar-refractivity contribution in [1.82, 2.24) is 5.32 Å². The van der Waals surface area contributed by atoms with E-state index in [4.69, 9.17) is 57.2 Å². The SMILES string of the molecule is CCCCCCCCCCCCCCCOCCOCCOCCOCCOCCOCCOCCOCCOCCOCCOCCNC(=O)COCC(=O)O. The van der Waals surface area contributed by atoms with Gasteiger partial charge in [-0.05, 0) is 6.42 Å². The van der Waals surface area contributed by atoms with Crippen molar-refractivity contribution in [1.29, 1.82) is 0 Å². The van der Waals surface area contributed by atoms with Crippen molar-refractivity contribution in [2.75, 3.05) is 165 Å². The molecule has 16 heteroatoms. The molecule has 16 nitrogen and oxygen atoms in total. The van der Waals surface area contributed by atoms with Crippen molar-refractivity contribution >= 4 is 11.9 Å². The minimum Gasteiger partial charge on any atom is -0.480 e. The van der Waals surface area contributed by atoms with Crippen LogP contribution in [0, 0.1) is 0 Å². The van der Waals surface area contributed by atoms with Gasteiger partial charge in [0.05, 0.1) is 139 Å². The van der Waals surface area contributed by atoms with Crippen LogP contribution in [-0.4, -0.2) is 182 Å². The summed E-state index contributed by atoms with van der Waals surface area (Å²) in [6.07, 6.45) is 17.7. The summed E-state index contributed by atoms with van der Waals surface area (Å²) in [6, 6.07) is 0. The Labute approximate surface area is 343 Å². The molecule has 0 radical (unpaired) electrons. The summed E-state index contributed by atoms with van der Waals surface area (Å²) in [7, 11) is 0. The van der Waals surface area contributed by atoms with Crippen LogP contribution in [0.2, 0.25) is 0 Å². The monoisotopic (exact) mass is 828 g/mol. The molecule has 0 saturated heterocycles. The lowest BCUT2D eigenvalue weighted by Gasteiger charge is -2.09. The summed E-state index contributed by atoms with van der Waals surface area (Å²) >= 11 is 0. The predicted molar refractivity (Wildman–Crippen MR) is 216 cm³/mol. The molecule has 0 aliphatic carbocycles. The lowest BCUT2D eigenvalue weighted by molar-refractivity contribution is -0.143. The fourth-order valence-corrected chi connectivity index (χ4v) is 5.07. The van der Waals surface area contributed by atoms with E-state index < -0.39 is 18.5 Å². The molecular weight excluding hydrogens is 746 g/mol. The van der Waals surface area contributed by atoms with Gasteiger partial charge in [0.25, 0.3) is 0 Å². The van der Waals surface area contributed by atoms with Crippen LogP contribution in [-0.2, 0) is 66.4 Å². The number of carbonyl (C=O) groups is 2. The first-order valence-electron chi connectivity index (χ1n) is 21.6. The predicted octanol–water partition coefficient (Wildman–Crippen LogP) is 4.48. The molecule has 0 aromatic rings. The first-order chi connectivity index (χ1) is 28.2. The van der Waals surface area contributed by atoms with Crippen molar-refractivity contribution in [3.05, 3.63) is 0 Å². The van der Waals surface area contributed by atoms with Crippen molar-refractivity contribution in [3.63, 3.8) is 0 Å². The summed E-state index contributed by atoms with van der Waals surface area (Å²) in [5, 5.41) is 11.0. The topological polar surface area (TPSA) is 177 Å². The van der Waals surface area contributed by atoms with Gasteiger partial charge in [-0.1, -0.05) is 84.0 Å². The number of hydrogen-bond acceptors (Lipinski definition) is 14. The second-order valence-corrected chi connectivity index (χ2v) is 13.2. The number of hydrogen-bond donors (Lipinski definition) is 2. The number of nitrogens with one attached hydrogen (secondary N) is 1. The van der Waals surface area contributed by atoms with Crippen LogP contribution in [0.15, 0.2) is 0 Å². The van der Waals surface area contributed by atoms with E-state index in [1.807, 2.05) is 0 Å². The van der Waals surface area contributed by atoms with Crippen LogP contribution in [0.25, 0.3) is 0 Å². The number of amides is 1. The molecule has 0 rings (SSSR count). The molecule has 0 unspecified atom stereocenters. The average Bonchev–Trinajstić information content (AvgIpc) is 3.20. The molecule has 340 valence electrons. The smallest absolute Gasteiger partial charge is 0.329 e. The Kier molecular flexibility index (Phi) is 49.2. The van der Waals surface area contributed by atoms with Gasteiger partial charge in [-0.3, -0.25) is 4.79 Å². The molecular formula is C41H81NO15. The summed E-state index contributed by atoms with van der Waals surface area (Å²) < 4.78 is 65.1. The highest BCUT2D eigenvalue weighted by molar-refractivity contribution is 5.77. The Bertz CT molecular complexity index is 799. The van der Waals surface area contributed by atoms with Gasteiger partial charge < -0.3 is 67.3 Å². The Morgan fingerprint density at radius 3 is 0.895 bits per heavy atom. The highest BCUT2D eigenvalue weighted by Gasteiger charge is 2.03. The largest absolute Gasteiger partial charge is 0.480 e. The quantitative estimate of drug-likeness (QED) is 0.0821. The average molecular weight is 828 g/mol. The second-order valence-electron chi connectivity index (χ2n) is 13.2. The molecule has 0 heterocycles. The summed E-state index contributed by atoms with van der Waals surface area (Å²) in [4.78, 5) is 21.7. The lowest BCUT2D eigenvalue weighted by Crippen LogP contribution is -2.31. The summed E-state index contributed by atoms with van der Waals surface area (Å²) in [5.74, 6) is -1.52. The first kappa shape index (κ1) is 55.5. The molecule has 0 spiro atoms. The van der Waals surface area contributed by atoms with Gasteiger partial charge in [0.15, 0.2) is 0 Å². The van der Waals surface area contributed by atoms with Crippen molar-refractivity contribution in [2.45, 2.75) is 90.4 Å². The van der Waals surface area contributed by atoms with E-state index in [2.05, 4.69) is 17.0 Å². The van der Waals surface area contributed by atoms with E-state index >= 15 is 0 Å². The highest BCUT2D eigenvalue weighted by atomic mass is 16.6. The highest BCUT2D eigenvalue weighted by Crippen LogP contribution is 2.12. The van der Waals surface area contributed by atoms with Crippen LogP contribution in [0.4, 0.5) is 0 Å². The van der Waals surface area contributed by atoms with Crippen LogP contribution in [0.5, 0.6) is 0 Å². The van der Waals surface area contributed by atoms with E-state index in [-0.39, 0.29) is 6.61 Å². The van der Waals surface area contributed by atoms with E-state index in [1.165, 1.54) is 77.0 Å². The van der Waals surface area contributed by atoms with Crippen molar-refractivity contribution in [3.8, 4) is 0 Å². The number of aliphatic carboxylic acids is 1. The van der Waals surface area contributed by atoms with E-state index in [9.17, 15) is 9.59 Å². The van der Waals surface area contributed by atoms with Gasteiger partial charge in [0, 0.05) is 13.2 Å². The number of carboxylic acid groups (broad SMARTS) is 1. The Balaban J connectivity index is 3.09.